The SMILES string of the molecule is CC(C(=O)O)C1CN(C(=O)N2CCC(N)CC2)C1. The fourth-order valence-corrected chi connectivity index (χ4v) is 2.48. The van der Waals surface area contributed by atoms with Gasteiger partial charge >= 0.3 is 12.0 Å². The molecule has 2 aliphatic heterocycles. The molecule has 2 amide bonds. The van der Waals surface area contributed by atoms with E-state index in [0.29, 0.717) is 13.1 Å². The molecule has 1 unspecified atom stereocenters. The number of carbonyl (C=O) groups is 2. The van der Waals surface area contributed by atoms with Gasteiger partial charge in [-0.15, -0.1) is 0 Å². The molecule has 2 heterocycles. The Balaban J connectivity index is 1.78. The van der Waals surface area contributed by atoms with E-state index in [1.807, 2.05) is 4.90 Å². The first-order chi connectivity index (χ1) is 8.49. The van der Waals surface area contributed by atoms with E-state index in [-0.39, 0.29) is 23.9 Å². The lowest BCUT2D eigenvalue weighted by atomic mass is 9.87. The van der Waals surface area contributed by atoms with Gasteiger partial charge in [-0.2, -0.15) is 0 Å². The molecule has 18 heavy (non-hydrogen) atoms. The zero-order chi connectivity index (χ0) is 13.3. The fourth-order valence-electron chi connectivity index (χ4n) is 2.48. The summed E-state index contributed by atoms with van der Waals surface area (Å²) in [6, 6.07) is 0.251. The van der Waals surface area contributed by atoms with Gasteiger partial charge in [-0.3, -0.25) is 4.79 Å². The standard InChI is InChI=1S/C12H21N3O3/c1-8(11(16)17)9-6-15(7-9)12(18)14-4-2-10(13)3-5-14/h8-10H,2-7,13H2,1H3,(H,16,17). The number of likely N-dealkylation sites (tertiary alicyclic amines) is 2. The zero-order valence-corrected chi connectivity index (χ0v) is 10.7. The van der Waals surface area contributed by atoms with Crippen molar-refractivity contribution in [1.82, 2.24) is 9.80 Å². The summed E-state index contributed by atoms with van der Waals surface area (Å²) in [5.74, 6) is -1.06. The summed E-state index contributed by atoms with van der Waals surface area (Å²) in [6.45, 7) is 4.27. The molecule has 0 aromatic carbocycles. The third-order valence-corrected chi connectivity index (χ3v) is 4.09. The average molecular weight is 255 g/mol. The van der Waals surface area contributed by atoms with Crippen LogP contribution in [0.5, 0.6) is 0 Å². The van der Waals surface area contributed by atoms with Crippen LogP contribution in [0.25, 0.3) is 0 Å². The van der Waals surface area contributed by atoms with E-state index in [4.69, 9.17) is 10.8 Å². The number of urea groups is 1. The first kappa shape index (κ1) is 13.1. The Kier molecular flexibility index (Phi) is 3.75. The van der Waals surface area contributed by atoms with Crippen LogP contribution in [0.15, 0.2) is 0 Å². The number of carbonyl (C=O) groups excluding carboxylic acids is 1. The Morgan fingerprint density at radius 3 is 2.28 bits per heavy atom. The molecule has 6 nitrogen and oxygen atoms in total. The molecule has 0 aromatic heterocycles. The van der Waals surface area contributed by atoms with E-state index in [9.17, 15) is 9.59 Å². The summed E-state index contributed by atoms with van der Waals surface area (Å²) in [6.07, 6.45) is 1.71. The summed E-state index contributed by atoms with van der Waals surface area (Å²) < 4.78 is 0. The quantitative estimate of drug-likeness (QED) is 0.737. The number of hydrogen-bond acceptors (Lipinski definition) is 3. The Morgan fingerprint density at radius 2 is 1.78 bits per heavy atom. The summed E-state index contributed by atoms with van der Waals surface area (Å²) in [4.78, 5) is 26.5. The largest absolute Gasteiger partial charge is 0.481 e. The van der Waals surface area contributed by atoms with Crippen LogP contribution >= 0.6 is 0 Å². The number of carboxylic acids is 1. The maximum Gasteiger partial charge on any atom is 0.320 e. The fraction of sp³-hybridized carbons (Fsp3) is 0.833. The van der Waals surface area contributed by atoms with Gasteiger partial charge < -0.3 is 20.6 Å². The van der Waals surface area contributed by atoms with E-state index < -0.39 is 5.97 Å². The van der Waals surface area contributed by atoms with Crippen molar-refractivity contribution in [2.75, 3.05) is 26.2 Å². The molecule has 0 aromatic rings. The van der Waals surface area contributed by atoms with Crippen molar-refractivity contribution in [3.05, 3.63) is 0 Å². The van der Waals surface area contributed by atoms with E-state index in [2.05, 4.69) is 0 Å². The number of rotatable bonds is 2. The third-order valence-electron chi connectivity index (χ3n) is 4.09. The lowest BCUT2D eigenvalue weighted by Gasteiger charge is -2.44. The van der Waals surface area contributed by atoms with Crippen LogP contribution in [0.4, 0.5) is 4.79 Å². The number of amides is 2. The first-order valence-electron chi connectivity index (χ1n) is 6.51. The van der Waals surface area contributed by atoms with E-state index in [1.165, 1.54) is 0 Å². The van der Waals surface area contributed by atoms with E-state index in [0.717, 1.165) is 25.9 Å². The average Bonchev–Trinajstić information content (AvgIpc) is 2.27. The summed E-state index contributed by atoms with van der Waals surface area (Å²) in [5, 5.41) is 8.89. The maximum absolute atomic E-state index is 12.1. The van der Waals surface area contributed by atoms with Gasteiger partial charge in [0.25, 0.3) is 0 Å². The van der Waals surface area contributed by atoms with Crippen LogP contribution in [0.3, 0.4) is 0 Å². The van der Waals surface area contributed by atoms with Crippen molar-refractivity contribution in [3.63, 3.8) is 0 Å². The van der Waals surface area contributed by atoms with Crippen LogP contribution in [0, 0.1) is 11.8 Å². The van der Waals surface area contributed by atoms with Gasteiger partial charge in [-0.25, -0.2) is 4.79 Å². The van der Waals surface area contributed by atoms with Crippen molar-refractivity contribution >= 4 is 12.0 Å². The van der Waals surface area contributed by atoms with Gasteiger partial charge in [-0.05, 0) is 12.8 Å². The third kappa shape index (κ3) is 2.58. The monoisotopic (exact) mass is 255 g/mol. The highest BCUT2D eigenvalue weighted by Crippen LogP contribution is 2.25. The molecule has 2 rings (SSSR count). The Bertz CT molecular complexity index is 333. The molecule has 102 valence electrons. The first-order valence-corrected chi connectivity index (χ1v) is 6.51. The molecule has 0 saturated carbocycles. The molecule has 2 aliphatic rings. The van der Waals surface area contributed by atoms with Crippen LogP contribution in [0.1, 0.15) is 19.8 Å². The van der Waals surface area contributed by atoms with Crippen LogP contribution in [0.2, 0.25) is 0 Å². The summed E-state index contributed by atoms with van der Waals surface area (Å²) in [7, 11) is 0. The van der Waals surface area contributed by atoms with Crippen LogP contribution < -0.4 is 5.73 Å². The topological polar surface area (TPSA) is 86.9 Å². The van der Waals surface area contributed by atoms with Crippen molar-refractivity contribution in [2.45, 2.75) is 25.8 Å². The predicted octanol–water partition coefficient (Wildman–Crippen LogP) is 0.182. The normalized spacial score (nSPS) is 23.7. The second-order valence-electron chi connectivity index (χ2n) is 5.40. The lowest BCUT2D eigenvalue weighted by Crippen LogP contribution is -2.58. The minimum atomic E-state index is -0.781. The van der Waals surface area contributed by atoms with Crippen molar-refractivity contribution < 1.29 is 14.7 Å². The molecule has 2 fully saturated rings. The highest BCUT2D eigenvalue weighted by Gasteiger charge is 2.39. The van der Waals surface area contributed by atoms with Gasteiger partial charge in [-0.1, -0.05) is 6.92 Å². The maximum atomic E-state index is 12.1. The molecule has 1 atom stereocenters. The van der Waals surface area contributed by atoms with Gasteiger partial charge in [0.15, 0.2) is 0 Å². The lowest BCUT2D eigenvalue weighted by molar-refractivity contribution is -0.144. The van der Waals surface area contributed by atoms with Crippen LogP contribution in [-0.2, 0) is 4.79 Å². The molecule has 2 saturated heterocycles. The molecular weight excluding hydrogens is 234 g/mol. The number of nitrogens with two attached hydrogens (primary N) is 1. The molecule has 0 radical (unpaired) electrons. The molecule has 0 spiro atoms. The summed E-state index contributed by atoms with van der Waals surface area (Å²) in [5.41, 5.74) is 5.80. The number of hydrogen-bond donors (Lipinski definition) is 2. The zero-order valence-electron chi connectivity index (χ0n) is 10.7. The van der Waals surface area contributed by atoms with Gasteiger partial charge in [0.1, 0.15) is 0 Å². The Morgan fingerprint density at radius 1 is 1.22 bits per heavy atom. The number of aliphatic carboxylic acids is 1. The number of carboxylic acid groups (broad SMARTS) is 1. The molecular formula is C12H21N3O3. The van der Waals surface area contributed by atoms with Gasteiger partial charge in [0, 0.05) is 38.1 Å². The van der Waals surface area contributed by atoms with Gasteiger partial charge in [0.2, 0.25) is 0 Å². The molecule has 6 heteroatoms. The van der Waals surface area contributed by atoms with Crippen molar-refractivity contribution in [3.8, 4) is 0 Å². The van der Waals surface area contributed by atoms with Crippen LogP contribution in [-0.4, -0.2) is 59.1 Å². The minimum Gasteiger partial charge on any atom is -0.481 e. The predicted molar refractivity (Wildman–Crippen MR) is 66.0 cm³/mol. The minimum absolute atomic E-state index is 0.0377. The van der Waals surface area contributed by atoms with Crippen molar-refractivity contribution in [2.24, 2.45) is 17.6 Å². The molecule has 0 aliphatic carbocycles. The van der Waals surface area contributed by atoms with E-state index in [1.54, 1.807) is 11.8 Å². The van der Waals surface area contributed by atoms with Crippen molar-refractivity contribution in [1.29, 1.82) is 0 Å². The second kappa shape index (κ2) is 5.14. The molecule has 3 N–H and O–H groups in total. The highest BCUT2D eigenvalue weighted by molar-refractivity contribution is 5.76. The van der Waals surface area contributed by atoms with E-state index >= 15 is 0 Å². The number of nitrogens with zero attached hydrogens (tertiary/aromatic N) is 2. The Labute approximate surface area is 107 Å². The second-order valence-corrected chi connectivity index (χ2v) is 5.40. The molecule has 0 bridgehead atoms. The number of piperidine rings is 1. The smallest absolute Gasteiger partial charge is 0.320 e. The summed E-state index contributed by atoms with van der Waals surface area (Å²) >= 11 is 0. The highest BCUT2D eigenvalue weighted by atomic mass is 16.4. The van der Waals surface area contributed by atoms with Gasteiger partial charge in [0.05, 0.1) is 5.92 Å². The Hall–Kier alpha value is -1.30.